The highest BCUT2D eigenvalue weighted by Gasteiger charge is 2.40. The molecule has 2 heteroatoms. The maximum atomic E-state index is 9.95. The Balaban J connectivity index is 2.41. The highest BCUT2D eigenvalue weighted by Crippen LogP contribution is 2.38. The molecule has 19 heavy (non-hydrogen) atoms. The molecule has 1 heterocycles. The van der Waals surface area contributed by atoms with Crippen molar-refractivity contribution in [1.82, 2.24) is 4.90 Å². The Morgan fingerprint density at radius 2 is 1.53 bits per heavy atom. The van der Waals surface area contributed by atoms with Gasteiger partial charge in [0.1, 0.15) is 0 Å². The summed E-state index contributed by atoms with van der Waals surface area (Å²) in [5.41, 5.74) is 0.631. The lowest BCUT2D eigenvalue weighted by atomic mass is 9.79. The molecule has 2 nitrogen and oxygen atoms in total. The molecule has 1 fully saturated rings. The Morgan fingerprint density at radius 1 is 1.00 bits per heavy atom. The summed E-state index contributed by atoms with van der Waals surface area (Å²) in [4.78, 5) is 2.68. The molecule has 0 saturated carbocycles. The van der Waals surface area contributed by atoms with E-state index in [1.165, 1.54) is 25.7 Å². The zero-order chi connectivity index (χ0) is 14.5. The van der Waals surface area contributed by atoms with Crippen molar-refractivity contribution in [3.8, 4) is 0 Å². The molecule has 1 N–H and O–H groups in total. The van der Waals surface area contributed by atoms with Gasteiger partial charge in [-0.1, -0.05) is 19.8 Å². The van der Waals surface area contributed by atoms with Gasteiger partial charge >= 0.3 is 0 Å². The number of piperidine rings is 1. The van der Waals surface area contributed by atoms with Crippen LogP contribution in [0.2, 0.25) is 0 Å². The van der Waals surface area contributed by atoms with Gasteiger partial charge in [0.05, 0.1) is 6.10 Å². The molecule has 1 rings (SSSR count). The summed E-state index contributed by atoms with van der Waals surface area (Å²) in [6, 6.07) is 0. The van der Waals surface area contributed by atoms with Crippen LogP contribution in [-0.4, -0.2) is 33.7 Å². The van der Waals surface area contributed by atoms with Gasteiger partial charge in [0.25, 0.3) is 0 Å². The fourth-order valence-electron chi connectivity index (χ4n) is 3.72. The van der Waals surface area contributed by atoms with Crippen molar-refractivity contribution >= 4 is 0 Å². The largest absolute Gasteiger partial charge is 0.393 e. The summed E-state index contributed by atoms with van der Waals surface area (Å²) in [7, 11) is 0. The van der Waals surface area contributed by atoms with E-state index in [0.29, 0.717) is 11.1 Å². The molecule has 0 bridgehead atoms. The van der Waals surface area contributed by atoms with Crippen LogP contribution < -0.4 is 0 Å². The summed E-state index contributed by atoms with van der Waals surface area (Å²) in [5, 5.41) is 9.95. The first-order valence-electron chi connectivity index (χ1n) is 8.25. The van der Waals surface area contributed by atoms with Crippen LogP contribution in [0.3, 0.4) is 0 Å². The number of aliphatic hydroxyl groups excluding tert-OH is 1. The van der Waals surface area contributed by atoms with Crippen LogP contribution in [0.25, 0.3) is 0 Å². The average Bonchev–Trinajstić information content (AvgIpc) is 2.29. The van der Waals surface area contributed by atoms with Crippen molar-refractivity contribution < 1.29 is 5.11 Å². The first-order chi connectivity index (χ1) is 8.79. The van der Waals surface area contributed by atoms with Gasteiger partial charge in [0, 0.05) is 11.1 Å². The molecule has 1 aliphatic rings. The van der Waals surface area contributed by atoms with Crippen LogP contribution in [0.5, 0.6) is 0 Å². The number of likely N-dealkylation sites (tertiary alicyclic amines) is 1. The Labute approximate surface area is 120 Å². The minimum absolute atomic E-state index is 0.0871. The molecular weight excluding hydrogens is 234 g/mol. The standard InChI is InChI=1S/C17H35NO/c1-6-7-10-15(19)11-8-14-18-16(2,3)12-9-13-17(18,4)5/h15,19H,6-14H2,1-5H3. The average molecular weight is 269 g/mol. The molecule has 0 aromatic rings. The topological polar surface area (TPSA) is 23.5 Å². The summed E-state index contributed by atoms with van der Waals surface area (Å²) in [6.45, 7) is 12.8. The van der Waals surface area contributed by atoms with Gasteiger partial charge in [-0.15, -0.1) is 0 Å². The lowest BCUT2D eigenvalue weighted by molar-refractivity contribution is -0.0297. The van der Waals surface area contributed by atoms with E-state index in [2.05, 4.69) is 39.5 Å². The van der Waals surface area contributed by atoms with E-state index in [0.717, 1.165) is 32.2 Å². The number of rotatable bonds is 7. The summed E-state index contributed by atoms with van der Waals surface area (Å²) in [5.74, 6) is 0. The van der Waals surface area contributed by atoms with E-state index in [4.69, 9.17) is 0 Å². The smallest absolute Gasteiger partial charge is 0.0540 e. The first-order valence-corrected chi connectivity index (χ1v) is 8.25. The summed E-state index contributed by atoms with van der Waals surface area (Å²) < 4.78 is 0. The van der Waals surface area contributed by atoms with Crippen molar-refractivity contribution in [1.29, 1.82) is 0 Å². The number of aliphatic hydroxyl groups is 1. The quantitative estimate of drug-likeness (QED) is 0.742. The molecular formula is C17H35NO. The second-order valence-electron chi connectivity index (χ2n) is 7.57. The molecule has 0 aromatic heterocycles. The van der Waals surface area contributed by atoms with Gasteiger partial charge in [-0.05, 0) is 72.8 Å². The molecule has 1 unspecified atom stereocenters. The molecule has 0 radical (unpaired) electrons. The number of nitrogens with zero attached hydrogens (tertiary/aromatic N) is 1. The Kier molecular flexibility index (Phi) is 6.32. The van der Waals surface area contributed by atoms with Crippen LogP contribution in [-0.2, 0) is 0 Å². The van der Waals surface area contributed by atoms with Crippen LogP contribution in [0.1, 0.15) is 86.0 Å². The van der Waals surface area contributed by atoms with Crippen molar-refractivity contribution in [2.45, 2.75) is 103 Å². The fourth-order valence-corrected chi connectivity index (χ4v) is 3.72. The molecule has 0 spiro atoms. The molecule has 0 aliphatic carbocycles. The normalized spacial score (nSPS) is 24.3. The highest BCUT2D eigenvalue weighted by atomic mass is 16.3. The second-order valence-corrected chi connectivity index (χ2v) is 7.57. The van der Waals surface area contributed by atoms with E-state index in [9.17, 15) is 5.11 Å². The lowest BCUT2D eigenvalue weighted by Crippen LogP contribution is -2.58. The van der Waals surface area contributed by atoms with Gasteiger partial charge in [0.2, 0.25) is 0 Å². The van der Waals surface area contributed by atoms with E-state index in [1.54, 1.807) is 0 Å². The molecule has 114 valence electrons. The molecule has 1 atom stereocenters. The fraction of sp³-hybridized carbons (Fsp3) is 1.00. The third kappa shape index (κ3) is 5.07. The summed E-state index contributed by atoms with van der Waals surface area (Å²) >= 11 is 0. The van der Waals surface area contributed by atoms with Crippen LogP contribution in [0.4, 0.5) is 0 Å². The van der Waals surface area contributed by atoms with Crippen molar-refractivity contribution in [2.24, 2.45) is 0 Å². The number of unbranched alkanes of at least 4 members (excludes halogenated alkanes) is 1. The monoisotopic (exact) mass is 269 g/mol. The maximum Gasteiger partial charge on any atom is 0.0540 e. The third-order valence-corrected chi connectivity index (χ3v) is 4.85. The van der Waals surface area contributed by atoms with E-state index >= 15 is 0 Å². The maximum absolute atomic E-state index is 9.95. The Bertz CT molecular complexity index is 244. The van der Waals surface area contributed by atoms with Gasteiger partial charge in [-0.2, -0.15) is 0 Å². The molecule has 1 saturated heterocycles. The van der Waals surface area contributed by atoms with E-state index < -0.39 is 0 Å². The molecule has 1 aliphatic heterocycles. The second kappa shape index (κ2) is 7.08. The van der Waals surface area contributed by atoms with Gasteiger partial charge in [-0.3, -0.25) is 4.90 Å². The highest BCUT2D eigenvalue weighted by molar-refractivity contribution is 4.96. The predicted molar refractivity (Wildman–Crippen MR) is 83.5 cm³/mol. The molecule has 0 amide bonds. The third-order valence-electron chi connectivity index (χ3n) is 4.85. The lowest BCUT2D eigenvalue weighted by Gasteiger charge is -2.53. The summed E-state index contributed by atoms with van der Waals surface area (Å²) in [6.07, 6.45) is 9.25. The SMILES string of the molecule is CCCCC(O)CCCN1C(C)(C)CCCC1(C)C. The van der Waals surface area contributed by atoms with Crippen molar-refractivity contribution in [2.75, 3.05) is 6.54 Å². The van der Waals surface area contributed by atoms with Gasteiger partial charge in [0.15, 0.2) is 0 Å². The van der Waals surface area contributed by atoms with Gasteiger partial charge < -0.3 is 5.11 Å². The minimum Gasteiger partial charge on any atom is -0.393 e. The first kappa shape index (κ1) is 17.0. The Hall–Kier alpha value is -0.0800. The van der Waals surface area contributed by atoms with Crippen LogP contribution in [0.15, 0.2) is 0 Å². The predicted octanol–water partition coefficient (Wildman–Crippen LogP) is 4.36. The Morgan fingerprint density at radius 3 is 2.05 bits per heavy atom. The zero-order valence-electron chi connectivity index (χ0n) is 13.8. The zero-order valence-corrected chi connectivity index (χ0v) is 13.8. The van der Waals surface area contributed by atoms with Crippen molar-refractivity contribution in [3.63, 3.8) is 0 Å². The van der Waals surface area contributed by atoms with E-state index in [1.807, 2.05) is 0 Å². The van der Waals surface area contributed by atoms with Crippen molar-refractivity contribution in [3.05, 3.63) is 0 Å². The number of hydrogen-bond donors (Lipinski definition) is 1. The van der Waals surface area contributed by atoms with Crippen LogP contribution >= 0.6 is 0 Å². The van der Waals surface area contributed by atoms with Crippen LogP contribution in [0, 0.1) is 0 Å². The molecule has 0 aromatic carbocycles. The minimum atomic E-state index is -0.0871. The van der Waals surface area contributed by atoms with Gasteiger partial charge in [-0.25, -0.2) is 0 Å². The van der Waals surface area contributed by atoms with E-state index in [-0.39, 0.29) is 6.10 Å². The number of hydrogen-bond acceptors (Lipinski definition) is 2.